The SMILES string of the molecule is C/C(=N/NC(=O)C1CCN(Cc2ccc(Cl)cc2)CC1)c1ccc(Br)cc1. The van der Waals surface area contributed by atoms with E-state index in [0.717, 1.165) is 53.2 Å². The molecule has 0 atom stereocenters. The Kier molecular flexibility index (Phi) is 7.05. The maximum absolute atomic E-state index is 12.4. The molecule has 1 saturated heterocycles. The summed E-state index contributed by atoms with van der Waals surface area (Å²) in [6.45, 7) is 4.62. The second-order valence-electron chi connectivity index (χ2n) is 6.86. The van der Waals surface area contributed by atoms with Crippen LogP contribution in [0, 0.1) is 5.92 Å². The van der Waals surface area contributed by atoms with Crippen LogP contribution in [-0.4, -0.2) is 29.6 Å². The summed E-state index contributed by atoms with van der Waals surface area (Å²) in [7, 11) is 0. The molecule has 0 aromatic heterocycles. The van der Waals surface area contributed by atoms with Crippen molar-refractivity contribution >= 4 is 39.1 Å². The molecule has 2 aromatic rings. The van der Waals surface area contributed by atoms with Gasteiger partial charge in [-0.05, 0) is 68.2 Å². The Morgan fingerprint density at radius 2 is 1.78 bits per heavy atom. The Morgan fingerprint density at radius 3 is 2.41 bits per heavy atom. The molecule has 4 nitrogen and oxygen atoms in total. The van der Waals surface area contributed by atoms with Gasteiger partial charge in [0.15, 0.2) is 0 Å². The van der Waals surface area contributed by atoms with E-state index < -0.39 is 0 Å². The maximum Gasteiger partial charge on any atom is 0.243 e. The topological polar surface area (TPSA) is 44.7 Å². The van der Waals surface area contributed by atoms with Crippen LogP contribution in [0.25, 0.3) is 0 Å². The fourth-order valence-electron chi connectivity index (χ4n) is 3.19. The predicted octanol–water partition coefficient (Wildman–Crippen LogP) is 4.85. The first-order chi connectivity index (χ1) is 13.0. The minimum atomic E-state index is 0.0117. The van der Waals surface area contributed by atoms with Gasteiger partial charge in [0.1, 0.15) is 0 Å². The van der Waals surface area contributed by atoms with E-state index in [1.807, 2.05) is 43.3 Å². The summed E-state index contributed by atoms with van der Waals surface area (Å²) in [6, 6.07) is 15.8. The lowest BCUT2D eigenvalue weighted by Crippen LogP contribution is -2.39. The second kappa shape index (κ2) is 9.49. The lowest BCUT2D eigenvalue weighted by molar-refractivity contribution is -0.126. The molecule has 0 radical (unpaired) electrons. The summed E-state index contributed by atoms with van der Waals surface area (Å²) < 4.78 is 1.02. The van der Waals surface area contributed by atoms with Gasteiger partial charge in [-0.25, -0.2) is 5.43 Å². The van der Waals surface area contributed by atoms with Crippen LogP contribution in [0.4, 0.5) is 0 Å². The highest BCUT2D eigenvalue weighted by Crippen LogP contribution is 2.20. The molecule has 6 heteroatoms. The number of carbonyl (C=O) groups is 1. The van der Waals surface area contributed by atoms with E-state index in [0.29, 0.717) is 0 Å². The molecule has 1 N–H and O–H groups in total. The molecule has 0 unspecified atom stereocenters. The summed E-state index contributed by atoms with van der Waals surface area (Å²) in [6.07, 6.45) is 1.71. The third kappa shape index (κ3) is 5.89. The van der Waals surface area contributed by atoms with E-state index >= 15 is 0 Å². The minimum Gasteiger partial charge on any atom is -0.299 e. The fourth-order valence-corrected chi connectivity index (χ4v) is 3.58. The summed E-state index contributed by atoms with van der Waals surface area (Å²) >= 11 is 9.35. The van der Waals surface area contributed by atoms with Crippen LogP contribution in [0.5, 0.6) is 0 Å². The van der Waals surface area contributed by atoms with Crippen LogP contribution in [-0.2, 0) is 11.3 Å². The van der Waals surface area contributed by atoms with E-state index in [2.05, 4.69) is 43.5 Å². The molecule has 27 heavy (non-hydrogen) atoms. The molecule has 1 amide bonds. The van der Waals surface area contributed by atoms with Crippen molar-refractivity contribution in [3.05, 3.63) is 69.2 Å². The molecule has 1 aliphatic rings. The molecular formula is C21H23BrClN3O. The van der Waals surface area contributed by atoms with Crippen LogP contribution in [0.1, 0.15) is 30.9 Å². The molecule has 1 aliphatic heterocycles. The molecular weight excluding hydrogens is 426 g/mol. The van der Waals surface area contributed by atoms with Crippen LogP contribution < -0.4 is 5.43 Å². The normalized spacial score (nSPS) is 16.3. The molecule has 0 aliphatic carbocycles. The van der Waals surface area contributed by atoms with Gasteiger partial charge in [0, 0.05) is 22.0 Å². The Bertz CT molecular complexity index is 797. The predicted molar refractivity (Wildman–Crippen MR) is 114 cm³/mol. The van der Waals surface area contributed by atoms with Crippen molar-refractivity contribution in [3.8, 4) is 0 Å². The number of halogens is 2. The molecule has 0 spiro atoms. The minimum absolute atomic E-state index is 0.0117. The molecule has 3 rings (SSSR count). The number of nitrogens with one attached hydrogen (secondary N) is 1. The number of benzene rings is 2. The van der Waals surface area contributed by atoms with Crippen molar-refractivity contribution in [3.63, 3.8) is 0 Å². The van der Waals surface area contributed by atoms with Gasteiger partial charge in [-0.15, -0.1) is 0 Å². The molecule has 2 aromatic carbocycles. The second-order valence-corrected chi connectivity index (χ2v) is 8.21. The van der Waals surface area contributed by atoms with E-state index in [4.69, 9.17) is 11.6 Å². The van der Waals surface area contributed by atoms with E-state index in [1.54, 1.807) is 0 Å². The van der Waals surface area contributed by atoms with Gasteiger partial charge in [0.2, 0.25) is 5.91 Å². The summed E-state index contributed by atoms with van der Waals surface area (Å²) in [5.74, 6) is 0.0329. The molecule has 1 heterocycles. The monoisotopic (exact) mass is 447 g/mol. The first kappa shape index (κ1) is 20.1. The number of hydrogen-bond acceptors (Lipinski definition) is 3. The number of nitrogens with zero attached hydrogens (tertiary/aromatic N) is 2. The number of amides is 1. The van der Waals surface area contributed by atoms with Crippen LogP contribution in [0.15, 0.2) is 58.1 Å². The quantitative estimate of drug-likeness (QED) is 0.525. The third-order valence-electron chi connectivity index (χ3n) is 4.87. The number of piperidine rings is 1. The van der Waals surface area contributed by atoms with Gasteiger partial charge in [-0.1, -0.05) is 51.8 Å². The first-order valence-electron chi connectivity index (χ1n) is 9.08. The third-order valence-corrected chi connectivity index (χ3v) is 5.65. The molecule has 0 bridgehead atoms. The number of hydrazone groups is 1. The van der Waals surface area contributed by atoms with Gasteiger partial charge >= 0.3 is 0 Å². The number of carbonyl (C=O) groups excluding carboxylic acids is 1. The smallest absolute Gasteiger partial charge is 0.243 e. The Morgan fingerprint density at radius 1 is 1.15 bits per heavy atom. The van der Waals surface area contributed by atoms with Gasteiger partial charge in [-0.3, -0.25) is 9.69 Å². The highest BCUT2D eigenvalue weighted by atomic mass is 79.9. The van der Waals surface area contributed by atoms with Crippen LogP contribution in [0.3, 0.4) is 0 Å². The van der Waals surface area contributed by atoms with Crippen molar-refractivity contribution in [2.24, 2.45) is 11.0 Å². The van der Waals surface area contributed by atoms with Crippen molar-refractivity contribution in [2.75, 3.05) is 13.1 Å². The fraction of sp³-hybridized carbons (Fsp3) is 0.333. The average Bonchev–Trinajstić information content (AvgIpc) is 2.69. The van der Waals surface area contributed by atoms with Crippen LogP contribution in [0.2, 0.25) is 5.02 Å². The lowest BCUT2D eigenvalue weighted by Gasteiger charge is -2.30. The van der Waals surface area contributed by atoms with E-state index in [1.165, 1.54) is 5.56 Å². The maximum atomic E-state index is 12.4. The average molecular weight is 449 g/mol. The largest absolute Gasteiger partial charge is 0.299 e. The number of rotatable bonds is 5. The zero-order valence-electron chi connectivity index (χ0n) is 15.3. The first-order valence-corrected chi connectivity index (χ1v) is 10.3. The highest BCUT2D eigenvalue weighted by Gasteiger charge is 2.24. The Balaban J connectivity index is 1.47. The van der Waals surface area contributed by atoms with Gasteiger partial charge in [0.05, 0.1) is 5.71 Å². The highest BCUT2D eigenvalue weighted by molar-refractivity contribution is 9.10. The van der Waals surface area contributed by atoms with Crippen LogP contribution >= 0.6 is 27.5 Å². The Labute approximate surface area is 173 Å². The van der Waals surface area contributed by atoms with Gasteiger partial charge in [-0.2, -0.15) is 5.10 Å². The van der Waals surface area contributed by atoms with Crippen molar-refractivity contribution < 1.29 is 4.79 Å². The lowest BCUT2D eigenvalue weighted by atomic mass is 9.96. The number of hydrogen-bond donors (Lipinski definition) is 1. The molecule has 0 saturated carbocycles. The van der Waals surface area contributed by atoms with Crippen molar-refractivity contribution in [1.29, 1.82) is 0 Å². The summed E-state index contributed by atoms with van der Waals surface area (Å²) in [5.41, 5.74) is 5.79. The number of likely N-dealkylation sites (tertiary alicyclic amines) is 1. The van der Waals surface area contributed by atoms with E-state index in [9.17, 15) is 4.79 Å². The van der Waals surface area contributed by atoms with Gasteiger partial charge in [0.25, 0.3) is 0 Å². The standard InChI is InChI=1S/C21H23BrClN3O/c1-15(17-4-6-19(22)7-5-17)24-25-21(27)18-10-12-26(13-11-18)14-16-2-8-20(23)9-3-16/h2-9,18H,10-14H2,1H3,(H,25,27)/b24-15-. The summed E-state index contributed by atoms with van der Waals surface area (Å²) in [4.78, 5) is 14.8. The molecule has 1 fully saturated rings. The van der Waals surface area contributed by atoms with E-state index in [-0.39, 0.29) is 11.8 Å². The van der Waals surface area contributed by atoms with Crippen molar-refractivity contribution in [1.82, 2.24) is 10.3 Å². The summed E-state index contributed by atoms with van der Waals surface area (Å²) in [5, 5.41) is 5.03. The van der Waals surface area contributed by atoms with Gasteiger partial charge < -0.3 is 0 Å². The zero-order chi connectivity index (χ0) is 19.2. The zero-order valence-corrected chi connectivity index (χ0v) is 17.6. The molecule has 142 valence electrons. The Hall–Kier alpha value is -1.69. The van der Waals surface area contributed by atoms with Crippen molar-refractivity contribution in [2.45, 2.75) is 26.3 Å².